The van der Waals surface area contributed by atoms with Crippen LogP contribution in [0.2, 0.25) is 0 Å². The number of amides is 1. The van der Waals surface area contributed by atoms with Gasteiger partial charge in [-0.3, -0.25) is 9.59 Å². The lowest BCUT2D eigenvalue weighted by Gasteiger charge is -2.20. The zero-order chi connectivity index (χ0) is 17.3. The smallest absolute Gasteiger partial charge is 0.311 e. The van der Waals surface area contributed by atoms with Gasteiger partial charge in [-0.25, -0.2) is 0 Å². The van der Waals surface area contributed by atoms with Gasteiger partial charge in [0.25, 0.3) is 5.91 Å². The number of carboxylic acids is 1. The van der Waals surface area contributed by atoms with Crippen molar-refractivity contribution in [2.75, 3.05) is 19.7 Å². The lowest BCUT2D eigenvalue weighted by Crippen LogP contribution is -2.37. The number of aliphatic carboxylic acids is 1. The Morgan fingerprint density at radius 2 is 1.96 bits per heavy atom. The number of rotatable bonds is 4. The van der Waals surface area contributed by atoms with E-state index >= 15 is 0 Å². The molecule has 2 aromatic rings. The quantitative estimate of drug-likeness (QED) is 0.867. The minimum Gasteiger partial charge on any atom is -0.484 e. The second-order valence-electron chi connectivity index (χ2n) is 6.37. The van der Waals surface area contributed by atoms with E-state index in [1.54, 1.807) is 11.8 Å². The van der Waals surface area contributed by atoms with Crippen molar-refractivity contribution < 1.29 is 19.4 Å². The first-order valence-corrected chi connectivity index (χ1v) is 8.50. The number of hydrogen-bond acceptors (Lipinski definition) is 3. The van der Waals surface area contributed by atoms with Gasteiger partial charge in [-0.2, -0.15) is 0 Å². The van der Waals surface area contributed by atoms with Crippen molar-refractivity contribution in [1.29, 1.82) is 0 Å². The Hall–Kier alpha value is -2.08. The van der Waals surface area contributed by atoms with Gasteiger partial charge in [-0.05, 0) is 48.4 Å². The Bertz CT molecular complexity index is 807. The van der Waals surface area contributed by atoms with E-state index in [4.69, 9.17) is 4.74 Å². The van der Waals surface area contributed by atoms with Crippen LogP contribution in [0.5, 0.6) is 5.75 Å². The first-order chi connectivity index (χ1) is 11.4. The van der Waals surface area contributed by atoms with Gasteiger partial charge in [-0.1, -0.05) is 28.1 Å². The average molecular weight is 392 g/mol. The maximum absolute atomic E-state index is 12.2. The number of halogens is 1. The molecule has 1 heterocycles. The van der Waals surface area contributed by atoms with Gasteiger partial charge in [-0.15, -0.1) is 0 Å². The van der Waals surface area contributed by atoms with Crippen molar-refractivity contribution in [3.8, 4) is 5.75 Å². The third-order valence-corrected chi connectivity index (χ3v) is 4.97. The molecule has 0 aromatic heterocycles. The summed E-state index contributed by atoms with van der Waals surface area (Å²) in [7, 11) is 0. The minimum absolute atomic E-state index is 0.0856. The van der Waals surface area contributed by atoms with Crippen molar-refractivity contribution in [2.45, 2.75) is 13.3 Å². The Morgan fingerprint density at radius 1 is 1.25 bits per heavy atom. The fourth-order valence-corrected chi connectivity index (χ4v) is 3.25. The highest BCUT2D eigenvalue weighted by Crippen LogP contribution is 2.30. The summed E-state index contributed by atoms with van der Waals surface area (Å²) in [6.07, 6.45) is 0.471. The second-order valence-corrected chi connectivity index (χ2v) is 7.29. The molecule has 0 bridgehead atoms. The Morgan fingerprint density at radius 3 is 2.67 bits per heavy atom. The summed E-state index contributed by atoms with van der Waals surface area (Å²) in [5.74, 6) is -0.423. The molecular formula is C18H18BrNO4. The summed E-state index contributed by atoms with van der Waals surface area (Å²) in [4.78, 5) is 25.0. The highest BCUT2D eigenvalue weighted by molar-refractivity contribution is 9.10. The van der Waals surface area contributed by atoms with Crippen molar-refractivity contribution in [1.82, 2.24) is 4.90 Å². The van der Waals surface area contributed by atoms with Gasteiger partial charge in [0.15, 0.2) is 6.61 Å². The summed E-state index contributed by atoms with van der Waals surface area (Å²) >= 11 is 3.43. The van der Waals surface area contributed by atoms with E-state index in [0.29, 0.717) is 18.7 Å². The molecule has 2 aromatic carbocycles. The standard InChI is InChI=1S/C18H18BrNO4/c1-18(17(22)23)6-7-20(11-18)16(21)10-24-15-5-3-12-8-14(19)4-2-13(12)9-15/h2-5,8-9H,6-7,10-11H2,1H3,(H,22,23). The number of fused-ring (bicyclic) bond motifs is 1. The molecule has 6 heteroatoms. The predicted octanol–water partition coefficient (Wildman–Crippen LogP) is 3.30. The lowest BCUT2D eigenvalue weighted by atomic mass is 9.90. The molecule has 0 radical (unpaired) electrons. The largest absolute Gasteiger partial charge is 0.484 e. The molecule has 3 rings (SSSR count). The SMILES string of the molecule is CC1(C(=O)O)CCN(C(=O)COc2ccc3cc(Br)ccc3c2)C1. The zero-order valence-electron chi connectivity index (χ0n) is 13.3. The summed E-state index contributed by atoms with van der Waals surface area (Å²) in [5, 5.41) is 11.3. The number of carboxylic acid groups (broad SMARTS) is 1. The molecular weight excluding hydrogens is 374 g/mol. The number of likely N-dealkylation sites (tertiary alicyclic amines) is 1. The zero-order valence-corrected chi connectivity index (χ0v) is 14.9. The molecule has 5 nitrogen and oxygen atoms in total. The van der Waals surface area contributed by atoms with Gasteiger partial charge < -0.3 is 14.7 Å². The van der Waals surface area contributed by atoms with Gasteiger partial charge in [0.2, 0.25) is 0 Å². The topological polar surface area (TPSA) is 66.8 Å². The van der Waals surface area contributed by atoms with Crippen LogP contribution in [-0.4, -0.2) is 41.6 Å². The molecule has 1 amide bonds. The molecule has 0 saturated carbocycles. The number of benzene rings is 2. The number of ether oxygens (including phenoxy) is 1. The second kappa shape index (κ2) is 6.43. The maximum Gasteiger partial charge on any atom is 0.311 e. The molecule has 126 valence electrons. The summed E-state index contributed by atoms with van der Waals surface area (Å²) in [6.45, 7) is 2.27. The molecule has 0 spiro atoms. The van der Waals surface area contributed by atoms with Crippen molar-refractivity contribution >= 4 is 38.6 Å². The van der Waals surface area contributed by atoms with Crippen LogP contribution in [0.4, 0.5) is 0 Å². The lowest BCUT2D eigenvalue weighted by molar-refractivity contribution is -0.147. The number of hydrogen-bond donors (Lipinski definition) is 1. The minimum atomic E-state index is -0.862. The summed E-state index contributed by atoms with van der Waals surface area (Å²) < 4.78 is 6.61. The Kier molecular flexibility index (Phi) is 4.49. The van der Waals surface area contributed by atoms with Crippen LogP contribution in [0.25, 0.3) is 10.8 Å². The molecule has 0 aliphatic carbocycles. The highest BCUT2D eigenvalue weighted by atomic mass is 79.9. The first-order valence-electron chi connectivity index (χ1n) is 7.71. The van der Waals surface area contributed by atoms with E-state index in [0.717, 1.165) is 15.2 Å². The monoisotopic (exact) mass is 391 g/mol. The maximum atomic E-state index is 12.2. The first kappa shape index (κ1) is 16.8. The number of carbonyl (C=O) groups is 2. The molecule has 1 aliphatic heterocycles. The van der Waals surface area contributed by atoms with Gasteiger partial charge in [0.05, 0.1) is 5.41 Å². The summed E-state index contributed by atoms with van der Waals surface area (Å²) in [6, 6.07) is 11.6. The van der Waals surface area contributed by atoms with E-state index in [-0.39, 0.29) is 19.1 Å². The van der Waals surface area contributed by atoms with E-state index < -0.39 is 11.4 Å². The van der Waals surface area contributed by atoms with Crippen LogP contribution in [0.1, 0.15) is 13.3 Å². The van der Waals surface area contributed by atoms with Crippen LogP contribution < -0.4 is 4.74 Å². The molecule has 24 heavy (non-hydrogen) atoms. The molecule has 1 atom stereocenters. The highest BCUT2D eigenvalue weighted by Gasteiger charge is 2.42. The van der Waals surface area contributed by atoms with E-state index in [9.17, 15) is 14.7 Å². The van der Waals surface area contributed by atoms with Crippen LogP contribution in [0.3, 0.4) is 0 Å². The Balaban J connectivity index is 1.62. The molecule has 1 aliphatic rings. The molecule has 1 fully saturated rings. The normalized spacial score (nSPS) is 20.3. The van der Waals surface area contributed by atoms with Gasteiger partial charge in [0.1, 0.15) is 5.75 Å². The molecule has 1 unspecified atom stereocenters. The van der Waals surface area contributed by atoms with Gasteiger partial charge >= 0.3 is 5.97 Å². The molecule has 1 saturated heterocycles. The van der Waals surface area contributed by atoms with Crippen molar-refractivity contribution in [3.05, 3.63) is 40.9 Å². The summed E-state index contributed by atoms with van der Waals surface area (Å²) in [5.41, 5.74) is -0.855. The third kappa shape index (κ3) is 3.38. The van der Waals surface area contributed by atoms with E-state index in [1.807, 2.05) is 36.4 Å². The van der Waals surface area contributed by atoms with E-state index in [1.165, 1.54) is 0 Å². The van der Waals surface area contributed by atoms with Crippen LogP contribution in [-0.2, 0) is 9.59 Å². The van der Waals surface area contributed by atoms with Crippen LogP contribution in [0.15, 0.2) is 40.9 Å². The number of nitrogens with zero attached hydrogens (tertiary/aromatic N) is 1. The van der Waals surface area contributed by atoms with Gasteiger partial charge in [0, 0.05) is 17.6 Å². The van der Waals surface area contributed by atoms with Crippen LogP contribution >= 0.6 is 15.9 Å². The van der Waals surface area contributed by atoms with Crippen molar-refractivity contribution in [2.24, 2.45) is 5.41 Å². The van der Waals surface area contributed by atoms with Crippen LogP contribution in [0, 0.1) is 5.41 Å². The third-order valence-electron chi connectivity index (χ3n) is 4.48. The van der Waals surface area contributed by atoms with Crippen molar-refractivity contribution in [3.63, 3.8) is 0 Å². The Labute approximate surface area is 148 Å². The fraction of sp³-hybridized carbons (Fsp3) is 0.333. The predicted molar refractivity (Wildman–Crippen MR) is 94.1 cm³/mol. The molecule has 1 N–H and O–H groups in total. The number of carbonyl (C=O) groups excluding carboxylic acids is 1. The fourth-order valence-electron chi connectivity index (χ4n) is 2.87. The average Bonchev–Trinajstić information content (AvgIpc) is 2.96. The van der Waals surface area contributed by atoms with E-state index in [2.05, 4.69) is 15.9 Å².